The fourth-order valence-electron chi connectivity index (χ4n) is 1.16. The smallest absolute Gasteiger partial charge is 0.335 e. The number of ether oxygens (including phenoxy) is 1. The fourth-order valence-corrected chi connectivity index (χ4v) is 1.25. The molecule has 0 aliphatic carbocycles. The van der Waals surface area contributed by atoms with Crippen molar-refractivity contribution in [2.24, 2.45) is 0 Å². The van der Waals surface area contributed by atoms with Crippen LogP contribution in [0.1, 0.15) is 10.4 Å². The molecule has 0 fully saturated rings. The molecule has 0 saturated heterocycles. The SMILES string of the molecule is C=C(Cl)CNCCOc1ccc(C(=O)O)cc1. The standard InChI is InChI=1S/C12H14ClNO3/c1-9(13)8-14-6-7-17-11-4-2-10(3-5-11)12(15)16/h2-5,14H,1,6-8H2,(H,15,16). The van der Waals surface area contributed by atoms with Crippen LogP contribution in [0.2, 0.25) is 0 Å². The summed E-state index contributed by atoms with van der Waals surface area (Å²) in [5.41, 5.74) is 0.244. The Kier molecular flexibility index (Phi) is 5.52. The highest BCUT2D eigenvalue weighted by atomic mass is 35.5. The van der Waals surface area contributed by atoms with Gasteiger partial charge in [0.2, 0.25) is 0 Å². The van der Waals surface area contributed by atoms with E-state index in [9.17, 15) is 4.79 Å². The Morgan fingerprint density at radius 2 is 2.06 bits per heavy atom. The number of hydrogen-bond donors (Lipinski definition) is 2. The number of carboxylic acids is 1. The van der Waals surface area contributed by atoms with Gasteiger partial charge in [0.1, 0.15) is 12.4 Å². The van der Waals surface area contributed by atoms with Gasteiger partial charge in [-0.3, -0.25) is 0 Å². The van der Waals surface area contributed by atoms with E-state index in [1.54, 1.807) is 12.1 Å². The van der Waals surface area contributed by atoms with E-state index in [2.05, 4.69) is 11.9 Å². The third kappa shape index (κ3) is 5.38. The molecule has 1 aromatic carbocycles. The number of aromatic carboxylic acids is 1. The van der Waals surface area contributed by atoms with E-state index in [1.165, 1.54) is 12.1 Å². The molecule has 5 heteroatoms. The predicted molar refractivity (Wildman–Crippen MR) is 66.8 cm³/mol. The highest BCUT2D eigenvalue weighted by molar-refractivity contribution is 6.29. The molecule has 0 atom stereocenters. The lowest BCUT2D eigenvalue weighted by Gasteiger charge is -2.07. The van der Waals surface area contributed by atoms with E-state index >= 15 is 0 Å². The van der Waals surface area contributed by atoms with Crippen molar-refractivity contribution in [3.8, 4) is 5.75 Å². The second-order valence-electron chi connectivity index (χ2n) is 3.37. The van der Waals surface area contributed by atoms with Gasteiger partial charge in [-0.05, 0) is 24.3 Å². The van der Waals surface area contributed by atoms with Gasteiger partial charge < -0.3 is 15.2 Å². The van der Waals surface area contributed by atoms with Gasteiger partial charge in [-0.15, -0.1) is 0 Å². The van der Waals surface area contributed by atoms with E-state index in [0.717, 1.165) is 0 Å². The molecule has 0 heterocycles. The third-order valence-corrected chi connectivity index (χ3v) is 2.10. The van der Waals surface area contributed by atoms with E-state index in [1.807, 2.05) is 0 Å². The van der Waals surface area contributed by atoms with Crippen LogP contribution in [0.5, 0.6) is 5.75 Å². The molecule has 0 radical (unpaired) electrons. The van der Waals surface area contributed by atoms with Crippen molar-refractivity contribution in [1.29, 1.82) is 0 Å². The molecule has 0 unspecified atom stereocenters. The van der Waals surface area contributed by atoms with Crippen LogP contribution in [0.4, 0.5) is 0 Å². The molecule has 2 N–H and O–H groups in total. The summed E-state index contributed by atoms with van der Waals surface area (Å²) < 4.78 is 5.39. The topological polar surface area (TPSA) is 58.6 Å². The van der Waals surface area contributed by atoms with Crippen LogP contribution in [0.15, 0.2) is 35.9 Å². The summed E-state index contributed by atoms with van der Waals surface area (Å²) in [4.78, 5) is 10.6. The lowest BCUT2D eigenvalue weighted by Crippen LogP contribution is -2.22. The van der Waals surface area contributed by atoms with Crippen LogP contribution in [0, 0.1) is 0 Å². The maximum absolute atomic E-state index is 10.6. The molecule has 0 bridgehead atoms. The Bertz CT molecular complexity index is 389. The predicted octanol–water partition coefficient (Wildman–Crippen LogP) is 2.11. The second kappa shape index (κ2) is 6.93. The summed E-state index contributed by atoms with van der Waals surface area (Å²) in [5, 5.41) is 12.3. The van der Waals surface area contributed by atoms with Gasteiger partial charge in [0.25, 0.3) is 0 Å². The monoisotopic (exact) mass is 255 g/mol. The van der Waals surface area contributed by atoms with Crippen LogP contribution in [0.3, 0.4) is 0 Å². The van der Waals surface area contributed by atoms with Gasteiger partial charge in [0.15, 0.2) is 0 Å². The molecular formula is C12H14ClNO3. The normalized spacial score (nSPS) is 9.94. The fraction of sp³-hybridized carbons (Fsp3) is 0.250. The van der Waals surface area contributed by atoms with Crippen molar-refractivity contribution in [3.63, 3.8) is 0 Å². The van der Waals surface area contributed by atoms with Crippen LogP contribution in [-0.2, 0) is 0 Å². The van der Waals surface area contributed by atoms with Crippen molar-refractivity contribution in [2.75, 3.05) is 19.7 Å². The number of benzene rings is 1. The van der Waals surface area contributed by atoms with Crippen molar-refractivity contribution in [3.05, 3.63) is 41.4 Å². The Morgan fingerprint density at radius 1 is 1.41 bits per heavy atom. The maximum Gasteiger partial charge on any atom is 0.335 e. The maximum atomic E-state index is 10.6. The van der Waals surface area contributed by atoms with Crippen LogP contribution in [0.25, 0.3) is 0 Å². The summed E-state index contributed by atoms with van der Waals surface area (Å²) in [6.45, 7) is 5.22. The number of halogens is 1. The van der Waals surface area contributed by atoms with E-state index < -0.39 is 5.97 Å². The molecule has 1 aromatic rings. The quantitative estimate of drug-likeness (QED) is 0.733. The number of hydrogen-bond acceptors (Lipinski definition) is 3. The molecule has 92 valence electrons. The van der Waals surface area contributed by atoms with Gasteiger partial charge in [-0.1, -0.05) is 18.2 Å². The summed E-state index contributed by atoms with van der Waals surface area (Å²) in [5.74, 6) is -0.305. The summed E-state index contributed by atoms with van der Waals surface area (Å²) in [6, 6.07) is 6.27. The minimum atomic E-state index is -0.946. The number of carboxylic acid groups (broad SMARTS) is 1. The highest BCUT2D eigenvalue weighted by Gasteiger charge is 2.01. The van der Waals surface area contributed by atoms with Crippen molar-refractivity contribution in [2.45, 2.75) is 0 Å². The minimum absolute atomic E-state index is 0.244. The first kappa shape index (κ1) is 13.5. The molecule has 1 rings (SSSR count). The lowest BCUT2D eigenvalue weighted by molar-refractivity contribution is 0.0697. The van der Waals surface area contributed by atoms with Gasteiger partial charge in [0.05, 0.1) is 5.56 Å². The molecule has 4 nitrogen and oxygen atoms in total. The summed E-state index contributed by atoms with van der Waals surface area (Å²) in [6.07, 6.45) is 0. The van der Waals surface area contributed by atoms with Gasteiger partial charge in [-0.2, -0.15) is 0 Å². The number of rotatable bonds is 7. The average molecular weight is 256 g/mol. The zero-order chi connectivity index (χ0) is 12.7. The van der Waals surface area contributed by atoms with Crippen molar-refractivity contribution >= 4 is 17.6 Å². The van der Waals surface area contributed by atoms with Crippen molar-refractivity contribution < 1.29 is 14.6 Å². The Labute approximate surface area is 105 Å². The molecule has 17 heavy (non-hydrogen) atoms. The van der Waals surface area contributed by atoms with Gasteiger partial charge in [-0.25, -0.2) is 4.79 Å². The highest BCUT2D eigenvalue weighted by Crippen LogP contribution is 2.11. The number of carbonyl (C=O) groups is 1. The molecule has 0 spiro atoms. The van der Waals surface area contributed by atoms with Gasteiger partial charge >= 0.3 is 5.97 Å². The first-order valence-corrected chi connectivity index (χ1v) is 5.47. The molecule has 0 aliphatic rings. The first-order valence-electron chi connectivity index (χ1n) is 5.10. The zero-order valence-electron chi connectivity index (χ0n) is 9.28. The molecular weight excluding hydrogens is 242 g/mol. The van der Waals surface area contributed by atoms with Gasteiger partial charge in [0, 0.05) is 18.1 Å². The molecule has 0 saturated carbocycles. The third-order valence-electron chi connectivity index (χ3n) is 1.97. The van der Waals surface area contributed by atoms with E-state index in [-0.39, 0.29) is 5.56 Å². The van der Waals surface area contributed by atoms with Crippen LogP contribution in [-0.4, -0.2) is 30.8 Å². The van der Waals surface area contributed by atoms with Crippen LogP contribution < -0.4 is 10.1 Å². The largest absolute Gasteiger partial charge is 0.492 e. The molecule has 0 aromatic heterocycles. The zero-order valence-corrected chi connectivity index (χ0v) is 10.0. The van der Waals surface area contributed by atoms with E-state index in [0.29, 0.717) is 30.5 Å². The lowest BCUT2D eigenvalue weighted by atomic mass is 10.2. The molecule has 0 aliphatic heterocycles. The Morgan fingerprint density at radius 3 is 2.59 bits per heavy atom. The average Bonchev–Trinajstić information content (AvgIpc) is 2.29. The second-order valence-corrected chi connectivity index (χ2v) is 3.91. The van der Waals surface area contributed by atoms with Crippen molar-refractivity contribution in [1.82, 2.24) is 5.32 Å². The number of nitrogens with one attached hydrogen (secondary N) is 1. The summed E-state index contributed by atoms with van der Waals surface area (Å²) >= 11 is 5.57. The minimum Gasteiger partial charge on any atom is -0.492 e. The summed E-state index contributed by atoms with van der Waals surface area (Å²) in [7, 11) is 0. The first-order chi connectivity index (χ1) is 8.09. The van der Waals surface area contributed by atoms with Crippen LogP contribution >= 0.6 is 11.6 Å². The molecule has 0 amide bonds. The van der Waals surface area contributed by atoms with E-state index in [4.69, 9.17) is 21.4 Å². The Balaban J connectivity index is 2.27. The Hall–Kier alpha value is -1.52.